The molecule has 1 aromatic carbocycles. The Kier molecular flexibility index (Phi) is 3.72. The first-order valence-electron chi connectivity index (χ1n) is 5.32. The Morgan fingerprint density at radius 1 is 1.38 bits per heavy atom. The highest BCUT2D eigenvalue weighted by atomic mass is 32.2. The number of hydrogen-bond donors (Lipinski definition) is 1. The predicted octanol–water partition coefficient (Wildman–Crippen LogP) is 1.99. The first kappa shape index (κ1) is 11.3. The van der Waals surface area contributed by atoms with E-state index in [2.05, 4.69) is 5.32 Å². The standard InChI is InChI=1S/C12H15NO2S/c1-15-10-4-2-9(3-5-10)11-8-12(14)13-6-7-16-11/h2-5,11H,6-8H2,1H3,(H,13,14)/t11-/m1/s1. The highest BCUT2D eigenvalue weighted by Gasteiger charge is 2.19. The van der Waals surface area contributed by atoms with Gasteiger partial charge in [0.25, 0.3) is 0 Å². The summed E-state index contributed by atoms with van der Waals surface area (Å²) in [5, 5.41) is 3.15. The van der Waals surface area contributed by atoms with E-state index in [4.69, 9.17) is 4.74 Å². The Labute approximate surface area is 99.6 Å². The Balaban J connectivity index is 2.12. The van der Waals surface area contributed by atoms with E-state index in [-0.39, 0.29) is 11.2 Å². The van der Waals surface area contributed by atoms with Crippen molar-refractivity contribution in [2.75, 3.05) is 19.4 Å². The van der Waals surface area contributed by atoms with Crippen molar-refractivity contribution in [3.8, 4) is 5.75 Å². The number of thioether (sulfide) groups is 1. The van der Waals surface area contributed by atoms with Crippen LogP contribution in [0.25, 0.3) is 0 Å². The molecule has 0 unspecified atom stereocenters. The molecule has 0 aliphatic carbocycles. The normalized spacial score (nSPS) is 21.1. The molecule has 1 amide bonds. The Morgan fingerprint density at radius 2 is 2.12 bits per heavy atom. The molecule has 2 rings (SSSR count). The number of rotatable bonds is 2. The summed E-state index contributed by atoms with van der Waals surface area (Å²) in [6.07, 6.45) is 0.566. The Bertz CT molecular complexity index is 364. The van der Waals surface area contributed by atoms with E-state index in [0.717, 1.165) is 18.0 Å². The number of amides is 1. The molecule has 1 aromatic rings. The molecular weight excluding hydrogens is 222 g/mol. The summed E-state index contributed by atoms with van der Waals surface area (Å²) < 4.78 is 5.12. The molecule has 1 aliphatic heterocycles. The zero-order valence-electron chi connectivity index (χ0n) is 9.23. The fourth-order valence-electron chi connectivity index (χ4n) is 1.72. The van der Waals surface area contributed by atoms with Crippen molar-refractivity contribution in [3.05, 3.63) is 29.8 Å². The van der Waals surface area contributed by atoms with Crippen LogP contribution in [-0.4, -0.2) is 25.3 Å². The van der Waals surface area contributed by atoms with Gasteiger partial charge in [-0.1, -0.05) is 12.1 Å². The lowest BCUT2D eigenvalue weighted by Gasteiger charge is -2.13. The molecule has 1 heterocycles. The molecule has 1 saturated heterocycles. The van der Waals surface area contributed by atoms with Crippen molar-refractivity contribution in [2.45, 2.75) is 11.7 Å². The van der Waals surface area contributed by atoms with E-state index < -0.39 is 0 Å². The van der Waals surface area contributed by atoms with Gasteiger partial charge in [-0.25, -0.2) is 0 Å². The van der Waals surface area contributed by atoms with Crippen LogP contribution in [0.3, 0.4) is 0 Å². The number of carbonyl (C=O) groups is 1. The Hall–Kier alpha value is -1.16. The van der Waals surface area contributed by atoms with Crippen molar-refractivity contribution < 1.29 is 9.53 Å². The van der Waals surface area contributed by atoms with E-state index in [1.54, 1.807) is 7.11 Å². The predicted molar refractivity (Wildman–Crippen MR) is 65.8 cm³/mol. The van der Waals surface area contributed by atoms with Gasteiger partial charge in [-0.05, 0) is 17.7 Å². The third kappa shape index (κ3) is 2.70. The molecule has 1 aliphatic rings. The summed E-state index contributed by atoms with van der Waals surface area (Å²) in [7, 11) is 1.66. The van der Waals surface area contributed by atoms with Crippen LogP contribution in [0.1, 0.15) is 17.2 Å². The maximum Gasteiger partial charge on any atom is 0.221 e. The minimum atomic E-state index is 0.144. The first-order valence-corrected chi connectivity index (χ1v) is 6.37. The fraction of sp³-hybridized carbons (Fsp3) is 0.417. The third-order valence-corrected chi connectivity index (χ3v) is 3.88. The number of ether oxygens (including phenoxy) is 1. The number of nitrogens with one attached hydrogen (secondary N) is 1. The molecule has 0 radical (unpaired) electrons. The average Bonchev–Trinajstić information content (AvgIpc) is 2.54. The molecule has 0 spiro atoms. The van der Waals surface area contributed by atoms with Crippen molar-refractivity contribution in [2.24, 2.45) is 0 Å². The van der Waals surface area contributed by atoms with Gasteiger partial charge in [0.05, 0.1) is 7.11 Å². The number of benzene rings is 1. The summed E-state index contributed by atoms with van der Waals surface area (Å²) in [6.45, 7) is 0.774. The van der Waals surface area contributed by atoms with Gasteiger partial charge in [0.15, 0.2) is 0 Å². The highest BCUT2D eigenvalue weighted by Crippen LogP contribution is 2.33. The lowest BCUT2D eigenvalue weighted by Crippen LogP contribution is -2.23. The minimum absolute atomic E-state index is 0.144. The van der Waals surface area contributed by atoms with Gasteiger partial charge < -0.3 is 10.1 Å². The molecule has 3 nitrogen and oxygen atoms in total. The maximum absolute atomic E-state index is 11.4. The molecule has 16 heavy (non-hydrogen) atoms. The van der Waals surface area contributed by atoms with Crippen molar-refractivity contribution in [1.82, 2.24) is 5.32 Å². The molecule has 1 atom stereocenters. The van der Waals surface area contributed by atoms with Gasteiger partial charge in [0, 0.05) is 24.0 Å². The topological polar surface area (TPSA) is 38.3 Å². The summed E-state index contributed by atoms with van der Waals surface area (Å²) >= 11 is 1.83. The second-order valence-corrected chi connectivity index (χ2v) is 5.00. The van der Waals surface area contributed by atoms with E-state index in [9.17, 15) is 4.79 Å². The van der Waals surface area contributed by atoms with Crippen molar-refractivity contribution in [3.63, 3.8) is 0 Å². The van der Waals surface area contributed by atoms with E-state index >= 15 is 0 Å². The molecule has 4 heteroatoms. The van der Waals surface area contributed by atoms with Gasteiger partial charge in [0.2, 0.25) is 5.91 Å². The van der Waals surface area contributed by atoms with E-state index in [1.165, 1.54) is 5.56 Å². The second kappa shape index (κ2) is 5.25. The van der Waals surface area contributed by atoms with Crippen LogP contribution in [-0.2, 0) is 4.79 Å². The molecule has 1 fully saturated rings. The fourth-order valence-corrected chi connectivity index (χ4v) is 2.85. The SMILES string of the molecule is COc1ccc([C@H]2CC(=O)NCCS2)cc1. The van der Waals surface area contributed by atoms with Gasteiger partial charge in [-0.2, -0.15) is 11.8 Å². The zero-order valence-corrected chi connectivity index (χ0v) is 10.0. The summed E-state index contributed by atoms with van der Waals surface area (Å²) in [4.78, 5) is 11.4. The van der Waals surface area contributed by atoms with Gasteiger partial charge in [-0.3, -0.25) is 4.79 Å². The van der Waals surface area contributed by atoms with Crippen molar-refractivity contribution in [1.29, 1.82) is 0 Å². The lowest BCUT2D eigenvalue weighted by molar-refractivity contribution is -0.120. The van der Waals surface area contributed by atoms with Crippen LogP contribution in [0, 0.1) is 0 Å². The average molecular weight is 237 g/mol. The van der Waals surface area contributed by atoms with Crippen LogP contribution in [0.2, 0.25) is 0 Å². The quantitative estimate of drug-likeness (QED) is 0.855. The molecule has 86 valence electrons. The van der Waals surface area contributed by atoms with Crippen LogP contribution in [0.15, 0.2) is 24.3 Å². The van der Waals surface area contributed by atoms with E-state index in [1.807, 2.05) is 36.0 Å². The second-order valence-electron chi connectivity index (χ2n) is 3.69. The Morgan fingerprint density at radius 3 is 2.81 bits per heavy atom. The number of methoxy groups -OCH3 is 1. The van der Waals surface area contributed by atoms with Crippen LogP contribution in [0.5, 0.6) is 5.75 Å². The smallest absolute Gasteiger partial charge is 0.221 e. The molecule has 1 N–H and O–H groups in total. The lowest BCUT2D eigenvalue weighted by atomic mass is 10.1. The maximum atomic E-state index is 11.4. The van der Waals surface area contributed by atoms with Gasteiger partial charge in [0.1, 0.15) is 5.75 Å². The van der Waals surface area contributed by atoms with E-state index in [0.29, 0.717) is 6.42 Å². The summed E-state index contributed by atoms with van der Waals surface area (Å²) in [6, 6.07) is 7.96. The summed E-state index contributed by atoms with van der Waals surface area (Å²) in [5.74, 6) is 1.97. The molecular formula is C12H15NO2S. The van der Waals surface area contributed by atoms with Crippen LogP contribution < -0.4 is 10.1 Å². The van der Waals surface area contributed by atoms with Crippen molar-refractivity contribution >= 4 is 17.7 Å². The number of hydrogen-bond acceptors (Lipinski definition) is 3. The largest absolute Gasteiger partial charge is 0.497 e. The first-order chi connectivity index (χ1) is 7.79. The molecule has 0 bridgehead atoms. The molecule has 0 saturated carbocycles. The van der Waals surface area contributed by atoms with Crippen LogP contribution in [0.4, 0.5) is 0 Å². The third-order valence-electron chi connectivity index (χ3n) is 2.60. The zero-order chi connectivity index (χ0) is 11.4. The summed E-state index contributed by atoms with van der Waals surface area (Å²) in [5.41, 5.74) is 1.20. The molecule has 0 aromatic heterocycles. The monoisotopic (exact) mass is 237 g/mol. The van der Waals surface area contributed by atoms with Gasteiger partial charge in [-0.15, -0.1) is 0 Å². The minimum Gasteiger partial charge on any atom is -0.497 e. The number of carbonyl (C=O) groups excluding carboxylic acids is 1. The van der Waals surface area contributed by atoms with Gasteiger partial charge >= 0.3 is 0 Å². The van der Waals surface area contributed by atoms with Crippen LogP contribution >= 0.6 is 11.8 Å². The highest BCUT2D eigenvalue weighted by molar-refractivity contribution is 7.99.